The van der Waals surface area contributed by atoms with Gasteiger partial charge in [-0.1, -0.05) is 36.8 Å². The predicted octanol–water partition coefficient (Wildman–Crippen LogP) is 5.99. The van der Waals surface area contributed by atoms with Gasteiger partial charge in [0.25, 0.3) is 0 Å². The number of carbonyl (C=O) groups is 1. The maximum atomic E-state index is 11.2. The Kier molecular flexibility index (Phi) is 6.48. The Morgan fingerprint density at radius 1 is 1.29 bits per heavy atom. The van der Waals surface area contributed by atoms with Crippen LogP contribution in [0.3, 0.4) is 0 Å². The Balaban J connectivity index is 2.20. The standard InChI is InChI=1S/C22H34O2/c1-16(2)20-12-14-22(5)13-11-19(15-24-18(4)23)8-6-7-17(3)9-10-21(20)22/h8-9,20-21H,1,6-7,10-15H2,2-5H3/b17-9-,19-8+/t20-,21-,22-/m0/s1. The largest absolute Gasteiger partial charge is 0.461 e. The zero-order valence-corrected chi connectivity index (χ0v) is 16.0. The molecule has 0 bridgehead atoms. The average molecular weight is 331 g/mol. The molecule has 1 fully saturated rings. The molecule has 0 aliphatic heterocycles. The Bertz CT molecular complexity index is 540. The minimum atomic E-state index is -0.186. The van der Waals surface area contributed by atoms with Gasteiger partial charge in [0.1, 0.15) is 6.61 Å². The third-order valence-corrected chi connectivity index (χ3v) is 6.21. The molecule has 0 aromatic heterocycles. The van der Waals surface area contributed by atoms with Gasteiger partial charge in [0, 0.05) is 6.92 Å². The number of carbonyl (C=O) groups excluding carboxylic acids is 1. The zero-order valence-electron chi connectivity index (χ0n) is 16.0. The molecular weight excluding hydrogens is 296 g/mol. The zero-order chi connectivity index (χ0) is 17.7. The van der Waals surface area contributed by atoms with Crippen molar-refractivity contribution in [3.05, 3.63) is 35.5 Å². The van der Waals surface area contributed by atoms with Gasteiger partial charge in [-0.25, -0.2) is 0 Å². The van der Waals surface area contributed by atoms with Gasteiger partial charge in [-0.05, 0) is 81.6 Å². The van der Waals surface area contributed by atoms with Crippen LogP contribution in [-0.4, -0.2) is 12.6 Å². The second kappa shape index (κ2) is 8.18. The van der Waals surface area contributed by atoms with E-state index in [1.54, 1.807) is 0 Å². The molecule has 2 aliphatic carbocycles. The summed E-state index contributed by atoms with van der Waals surface area (Å²) in [5, 5.41) is 0. The van der Waals surface area contributed by atoms with Crippen molar-refractivity contribution in [1.29, 1.82) is 0 Å². The Labute approximate surface area is 148 Å². The fourth-order valence-electron chi connectivity index (χ4n) is 4.51. The molecule has 0 N–H and O–H groups in total. The van der Waals surface area contributed by atoms with Crippen molar-refractivity contribution in [3.63, 3.8) is 0 Å². The van der Waals surface area contributed by atoms with E-state index in [2.05, 4.69) is 39.5 Å². The SMILES string of the molecule is C=C(C)[C@@H]1CC[C@]2(C)CC/C(COC(C)=O)=C\CC/C(C)=C\C[C@@H]12. The molecule has 134 valence electrons. The summed E-state index contributed by atoms with van der Waals surface area (Å²) in [6.07, 6.45) is 12.9. The van der Waals surface area contributed by atoms with Crippen LogP contribution in [0, 0.1) is 17.3 Å². The lowest BCUT2D eigenvalue weighted by Gasteiger charge is -2.34. The van der Waals surface area contributed by atoms with Crippen molar-refractivity contribution >= 4 is 5.97 Å². The van der Waals surface area contributed by atoms with Gasteiger partial charge in [-0.15, -0.1) is 0 Å². The summed E-state index contributed by atoms with van der Waals surface area (Å²) in [4.78, 5) is 11.2. The molecule has 24 heavy (non-hydrogen) atoms. The van der Waals surface area contributed by atoms with E-state index in [0.29, 0.717) is 23.9 Å². The molecule has 0 aromatic rings. The molecule has 0 aromatic carbocycles. The van der Waals surface area contributed by atoms with E-state index in [1.165, 1.54) is 49.3 Å². The van der Waals surface area contributed by atoms with Gasteiger partial charge < -0.3 is 4.74 Å². The summed E-state index contributed by atoms with van der Waals surface area (Å²) < 4.78 is 5.28. The van der Waals surface area contributed by atoms with Crippen molar-refractivity contribution in [1.82, 2.24) is 0 Å². The molecule has 1 saturated carbocycles. The maximum absolute atomic E-state index is 11.2. The molecule has 0 heterocycles. The van der Waals surface area contributed by atoms with Crippen molar-refractivity contribution in [3.8, 4) is 0 Å². The predicted molar refractivity (Wildman–Crippen MR) is 101 cm³/mol. The van der Waals surface area contributed by atoms with Crippen LogP contribution in [0.2, 0.25) is 0 Å². The van der Waals surface area contributed by atoms with Crippen molar-refractivity contribution in [2.75, 3.05) is 6.61 Å². The van der Waals surface area contributed by atoms with Crippen LogP contribution >= 0.6 is 0 Å². The number of ether oxygens (including phenoxy) is 1. The molecule has 0 saturated heterocycles. The van der Waals surface area contributed by atoms with E-state index in [4.69, 9.17) is 4.74 Å². The van der Waals surface area contributed by atoms with Crippen molar-refractivity contribution in [2.24, 2.45) is 17.3 Å². The van der Waals surface area contributed by atoms with Gasteiger partial charge in [0.05, 0.1) is 0 Å². The monoisotopic (exact) mass is 330 g/mol. The molecule has 3 atom stereocenters. The number of hydrogen-bond donors (Lipinski definition) is 0. The van der Waals surface area contributed by atoms with E-state index in [0.717, 1.165) is 19.3 Å². The van der Waals surface area contributed by atoms with Crippen LogP contribution in [0.25, 0.3) is 0 Å². The third kappa shape index (κ3) is 4.84. The van der Waals surface area contributed by atoms with Crippen LogP contribution in [-0.2, 0) is 9.53 Å². The molecular formula is C22H34O2. The Morgan fingerprint density at radius 3 is 2.71 bits per heavy atom. The van der Waals surface area contributed by atoms with E-state index >= 15 is 0 Å². The van der Waals surface area contributed by atoms with Crippen LogP contribution < -0.4 is 0 Å². The Morgan fingerprint density at radius 2 is 2.04 bits per heavy atom. The van der Waals surface area contributed by atoms with Crippen LogP contribution in [0.4, 0.5) is 0 Å². The van der Waals surface area contributed by atoms with Crippen LogP contribution in [0.1, 0.15) is 72.6 Å². The summed E-state index contributed by atoms with van der Waals surface area (Å²) in [6, 6.07) is 0. The molecule has 0 radical (unpaired) electrons. The second-order valence-corrected chi connectivity index (χ2v) is 8.22. The summed E-state index contributed by atoms with van der Waals surface area (Å²) in [6.45, 7) is 13.1. The van der Waals surface area contributed by atoms with Crippen molar-refractivity contribution in [2.45, 2.75) is 72.6 Å². The summed E-state index contributed by atoms with van der Waals surface area (Å²) >= 11 is 0. The summed E-state index contributed by atoms with van der Waals surface area (Å²) in [7, 11) is 0. The lowest BCUT2D eigenvalue weighted by atomic mass is 9.70. The quantitative estimate of drug-likeness (QED) is 0.469. The first-order chi connectivity index (χ1) is 11.3. The highest BCUT2D eigenvalue weighted by Gasteiger charge is 2.44. The number of esters is 1. The summed E-state index contributed by atoms with van der Waals surface area (Å²) in [5.74, 6) is 1.16. The minimum Gasteiger partial charge on any atom is -0.461 e. The van der Waals surface area contributed by atoms with Gasteiger partial charge in [0.15, 0.2) is 0 Å². The summed E-state index contributed by atoms with van der Waals surface area (Å²) in [5.41, 5.74) is 4.48. The molecule has 2 heteroatoms. The highest BCUT2D eigenvalue weighted by atomic mass is 16.5. The van der Waals surface area contributed by atoms with Crippen LogP contribution in [0.5, 0.6) is 0 Å². The molecule has 2 rings (SSSR count). The fraction of sp³-hybridized carbons (Fsp3) is 0.682. The highest BCUT2D eigenvalue weighted by molar-refractivity contribution is 5.66. The first kappa shape index (κ1) is 19.0. The van der Waals surface area contributed by atoms with E-state index in [9.17, 15) is 4.79 Å². The molecule has 2 aliphatic rings. The number of hydrogen-bond acceptors (Lipinski definition) is 2. The molecule has 0 unspecified atom stereocenters. The minimum absolute atomic E-state index is 0.186. The molecule has 2 nitrogen and oxygen atoms in total. The molecule has 0 amide bonds. The topological polar surface area (TPSA) is 26.3 Å². The highest BCUT2D eigenvalue weighted by Crippen LogP contribution is 2.54. The van der Waals surface area contributed by atoms with E-state index < -0.39 is 0 Å². The van der Waals surface area contributed by atoms with E-state index in [-0.39, 0.29) is 5.97 Å². The third-order valence-electron chi connectivity index (χ3n) is 6.21. The fourth-order valence-corrected chi connectivity index (χ4v) is 4.51. The van der Waals surface area contributed by atoms with Gasteiger partial charge >= 0.3 is 5.97 Å². The lowest BCUT2D eigenvalue weighted by molar-refractivity contribution is -0.140. The van der Waals surface area contributed by atoms with Gasteiger partial charge in [-0.3, -0.25) is 4.79 Å². The number of allylic oxidation sites excluding steroid dienone is 4. The normalized spacial score (nSPS) is 35.7. The maximum Gasteiger partial charge on any atom is 0.302 e. The first-order valence-electron chi connectivity index (χ1n) is 9.44. The average Bonchev–Trinajstić information content (AvgIpc) is 2.83. The van der Waals surface area contributed by atoms with Gasteiger partial charge in [0.2, 0.25) is 0 Å². The molecule has 0 spiro atoms. The smallest absolute Gasteiger partial charge is 0.302 e. The Hall–Kier alpha value is -1.31. The lowest BCUT2D eigenvalue weighted by Crippen LogP contribution is -2.26. The van der Waals surface area contributed by atoms with Gasteiger partial charge in [-0.2, -0.15) is 0 Å². The van der Waals surface area contributed by atoms with Crippen molar-refractivity contribution < 1.29 is 9.53 Å². The second-order valence-electron chi connectivity index (χ2n) is 8.22. The number of rotatable bonds is 3. The van der Waals surface area contributed by atoms with Crippen LogP contribution in [0.15, 0.2) is 35.5 Å². The number of fused-ring (bicyclic) bond motifs is 1. The first-order valence-corrected chi connectivity index (χ1v) is 9.44. The van der Waals surface area contributed by atoms with E-state index in [1.807, 2.05) is 0 Å².